The van der Waals surface area contributed by atoms with Gasteiger partial charge in [0.05, 0.1) is 13.7 Å². The van der Waals surface area contributed by atoms with Crippen LogP contribution < -0.4 is 10.1 Å². The van der Waals surface area contributed by atoms with Crippen LogP contribution in [0.2, 0.25) is 0 Å². The fraction of sp³-hybridized carbons (Fsp3) is 0.583. The van der Waals surface area contributed by atoms with Gasteiger partial charge >= 0.3 is 0 Å². The van der Waals surface area contributed by atoms with Crippen molar-refractivity contribution in [2.45, 2.75) is 24.8 Å². The molecule has 0 aromatic carbocycles. The lowest BCUT2D eigenvalue weighted by Crippen LogP contribution is -2.37. The molecule has 106 valence electrons. The minimum Gasteiger partial charge on any atom is -0.480 e. The molecule has 2 rings (SSSR count). The maximum atomic E-state index is 9.29. The summed E-state index contributed by atoms with van der Waals surface area (Å²) in [6.45, 7) is 2.92. The van der Waals surface area contributed by atoms with Crippen molar-refractivity contribution >= 4 is 28.1 Å². The summed E-state index contributed by atoms with van der Waals surface area (Å²) in [5, 5.41) is 14.9. The number of aliphatic hydroxyl groups is 1. The Bertz CT molecular complexity index is 522. The van der Waals surface area contributed by atoms with Gasteiger partial charge in [0.25, 0.3) is 0 Å². The van der Waals surface area contributed by atoms with Crippen LogP contribution in [0.15, 0.2) is 11.6 Å². The molecule has 0 saturated carbocycles. The van der Waals surface area contributed by atoms with Gasteiger partial charge in [0.2, 0.25) is 5.88 Å². The van der Waals surface area contributed by atoms with Crippen LogP contribution >= 0.6 is 23.1 Å². The van der Waals surface area contributed by atoms with Crippen molar-refractivity contribution in [3.8, 4) is 5.88 Å². The van der Waals surface area contributed by atoms with E-state index in [2.05, 4.69) is 17.2 Å². The first kappa shape index (κ1) is 14.6. The van der Waals surface area contributed by atoms with E-state index in [1.54, 1.807) is 30.2 Å². The van der Waals surface area contributed by atoms with Gasteiger partial charge in [-0.05, 0) is 13.2 Å². The van der Waals surface area contributed by atoms with Crippen LogP contribution in [0.3, 0.4) is 0 Å². The lowest BCUT2D eigenvalue weighted by atomic mass is 10.2. The van der Waals surface area contributed by atoms with Crippen LogP contribution in [0, 0.1) is 0 Å². The Labute approximate surface area is 121 Å². The Kier molecular flexibility index (Phi) is 5.09. The Morgan fingerprint density at radius 1 is 1.63 bits per heavy atom. The van der Waals surface area contributed by atoms with Crippen LogP contribution in [0.4, 0.5) is 0 Å². The summed E-state index contributed by atoms with van der Waals surface area (Å²) in [5.74, 6) is 0.663. The molecule has 0 aliphatic carbocycles. The fourth-order valence-corrected chi connectivity index (χ4v) is 3.34. The largest absolute Gasteiger partial charge is 0.480 e. The molecule has 2 atom stereocenters. The third-order valence-electron chi connectivity index (χ3n) is 3.15. The molecule has 0 amide bonds. The average molecular weight is 301 g/mol. The van der Waals surface area contributed by atoms with Crippen molar-refractivity contribution in [1.82, 2.24) is 14.7 Å². The topological polar surface area (TPSA) is 58.8 Å². The number of rotatable bonds is 7. The molecule has 19 heavy (non-hydrogen) atoms. The Hall–Kier alpha value is -0.760. The van der Waals surface area contributed by atoms with Crippen LogP contribution in [-0.4, -0.2) is 45.8 Å². The summed E-state index contributed by atoms with van der Waals surface area (Å²) in [4.78, 5) is 5.35. The number of hydrogen-bond acceptors (Lipinski definition) is 6. The van der Waals surface area contributed by atoms with Gasteiger partial charge in [0.15, 0.2) is 4.96 Å². The molecule has 0 fully saturated rings. The summed E-state index contributed by atoms with van der Waals surface area (Å²) < 4.78 is 7.35. The highest BCUT2D eigenvalue weighted by Gasteiger charge is 2.18. The Balaban J connectivity index is 2.10. The molecule has 2 aromatic heterocycles. The number of aromatic nitrogens is 2. The molecule has 0 spiro atoms. The standard InChI is InChI=1S/C12H19N3O2S2/c1-8(10(7-16)18-3)13-6-9-11(17-2)14-12-15(9)4-5-19-12/h4-5,8,10,13,16H,6-7H2,1-3H3. The molecule has 2 heterocycles. The van der Waals surface area contributed by atoms with Gasteiger partial charge in [0, 0.05) is 29.4 Å². The average Bonchev–Trinajstić information content (AvgIpc) is 2.98. The second-order valence-electron chi connectivity index (χ2n) is 4.25. The van der Waals surface area contributed by atoms with E-state index < -0.39 is 0 Å². The molecule has 2 N–H and O–H groups in total. The van der Waals surface area contributed by atoms with Crippen LogP contribution in [0.25, 0.3) is 4.96 Å². The van der Waals surface area contributed by atoms with E-state index in [1.165, 1.54) is 0 Å². The number of methoxy groups -OCH3 is 1. The first-order valence-electron chi connectivity index (χ1n) is 6.06. The van der Waals surface area contributed by atoms with E-state index >= 15 is 0 Å². The van der Waals surface area contributed by atoms with Crippen LogP contribution in [0.5, 0.6) is 5.88 Å². The zero-order chi connectivity index (χ0) is 13.8. The van der Waals surface area contributed by atoms with E-state index in [0.29, 0.717) is 12.4 Å². The quantitative estimate of drug-likeness (QED) is 0.813. The lowest BCUT2D eigenvalue weighted by molar-refractivity contribution is 0.275. The minimum absolute atomic E-state index is 0.173. The zero-order valence-corrected chi connectivity index (χ0v) is 12.9. The van der Waals surface area contributed by atoms with Gasteiger partial charge in [-0.2, -0.15) is 16.7 Å². The van der Waals surface area contributed by atoms with Gasteiger partial charge in [-0.3, -0.25) is 4.40 Å². The fourth-order valence-electron chi connectivity index (χ4n) is 1.96. The highest BCUT2D eigenvalue weighted by Crippen LogP contribution is 2.23. The number of hydrogen-bond donors (Lipinski definition) is 2. The molecule has 0 bridgehead atoms. The van der Waals surface area contributed by atoms with Gasteiger partial charge in [-0.15, -0.1) is 11.3 Å². The molecule has 0 radical (unpaired) electrons. The van der Waals surface area contributed by atoms with Crippen LogP contribution in [-0.2, 0) is 6.54 Å². The molecule has 2 aromatic rings. The van der Waals surface area contributed by atoms with Gasteiger partial charge in [-0.1, -0.05) is 0 Å². The molecule has 2 unspecified atom stereocenters. The number of thioether (sulfide) groups is 1. The molecule has 7 heteroatoms. The van der Waals surface area contributed by atoms with Crippen molar-refractivity contribution in [3.63, 3.8) is 0 Å². The third-order valence-corrected chi connectivity index (χ3v) is 5.07. The number of ether oxygens (including phenoxy) is 1. The second-order valence-corrected chi connectivity index (χ2v) is 6.20. The first-order chi connectivity index (χ1) is 9.21. The maximum Gasteiger partial charge on any atom is 0.237 e. The van der Waals surface area contributed by atoms with E-state index in [0.717, 1.165) is 10.7 Å². The Morgan fingerprint density at radius 3 is 3.05 bits per heavy atom. The van der Waals surface area contributed by atoms with Gasteiger partial charge in [0.1, 0.15) is 5.69 Å². The second kappa shape index (κ2) is 6.60. The van der Waals surface area contributed by atoms with E-state index in [-0.39, 0.29) is 17.9 Å². The summed E-state index contributed by atoms with van der Waals surface area (Å²) in [5.41, 5.74) is 1.02. The number of aliphatic hydroxyl groups excluding tert-OH is 1. The molecule has 0 aliphatic rings. The molecule has 0 saturated heterocycles. The normalized spacial score (nSPS) is 14.7. The number of thiazole rings is 1. The predicted molar refractivity (Wildman–Crippen MR) is 80.3 cm³/mol. The van der Waals surface area contributed by atoms with Crippen molar-refractivity contribution < 1.29 is 9.84 Å². The summed E-state index contributed by atoms with van der Waals surface area (Å²) in [6, 6.07) is 0.217. The molecular formula is C12H19N3O2S2. The number of fused-ring (bicyclic) bond motifs is 1. The zero-order valence-electron chi connectivity index (χ0n) is 11.3. The summed E-state index contributed by atoms with van der Waals surface area (Å²) in [6.07, 6.45) is 4.00. The monoisotopic (exact) mass is 301 g/mol. The van der Waals surface area contributed by atoms with Crippen molar-refractivity contribution in [3.05, 3.63) is 17.3 Å². The third kappa shape index (κ3) is 3.05. The highest BCUT2D eigenvalue weighted by molar-refractivity contribution is 7.99. The summed E-state index contributed by atoms with van der Waals surface area (Å²) >= 11 is 3.25. The minimum atomic E-state index is 0.173. The van der Waals surface area contributed by atoms with E-state index in [1.807, 2.05) is 22.2 Å². The smallest absolute Gasteiger partial charge is 0.237 e. The maximum absolute atomic E-state index is 9.29. The van der Waals surface area contributed by atoms with Crippen molar-refractivity contribution in [2.75, 3.05) is 20.0 Å². The molecule has 5 nitrogen and oxygen atoms in total. The first-order valence-corrected chi connectivity index (χ1v) is 8.23. The SMILES string of the molecule is COc1nc2sccn2c1CNC(C)C(CO)SC. The van der Waals surface area contributed by atoms with Gasteiger partial charge < -0.3 is 15.2 Å². The predicted octanol–water partition coefficient (Wildman–Crippen LogP) is 1.61. The number of nitrogens with zero attached hydrogens (tertiary/aromatic N) is 2. The van der Waals surface area contributed by atoms with Gasteiger partial charge in [-0.25, -0.2) is 0 Å². The number of imidazole rings is 1. The lowest BCUT2D eigenvalue weighted by Gasteiger charge is -2.21. The highest BCUT2D eigenvalue weighted by atomic mass is 32.2. The summed E-state index contributed by atoms with van der Waals surface area (Å²) in [7, 11) is 1.64. The molecule has 0 aliphatic heterocycles. The van der Waals surface area contributed by atoms with Crippen molar-refractivity contribution in [2.24, 2.45) is 0 Å². The molecular weight excluding hydrogens is 282 g/mol. The number of nitrogens with one attached hydrogen (secondary N) is 1. The Morgan fingerprint density at radius 2 is 2.42 bits per heavy atom. The van der Waals surface area contributed by atoms with E-state index in [9.17, 15) is 5.11 Å². The van der Waals surface area contributed by atoms with E-state index in [4.69, 9.17) is 4.74 Å². The van der Waals surface area contributed by atoms with Crippen molar-refractivity contribution in [1.29, 1.82) is 0 Å². The van der Waals surface area contributed by atoms with Crippen LogP contribution in [0.1, 0.15) is 12.6 Å².